The lowest BCUT2D eigenvalue weighted by Gasteiger charge is -2.57. The lowest BCUT2D eigenvalue weighted by Crippen LogP contribution is -2.53. The van der Waals surface area contributed by atoms with Gasteiger partial charge in [-0.2, -0.15) is 0 Å². The number of aliphatic hydroxyl groups is 1. The smallest absolute Gasteiger partial charge is 0.207 e. The quantitative estimate of drug-likeness (QED) is 0.605. The summed E-state index contributed by atoms with van der Waals surface area (Å²) in [6.07, 6.45) is 12.4. The van der Waals surface area contributed by atoms with Crippen molar-refractivity contribution in [3.63, 3.8) is 0 Å². The maximum absolute atomic E-state index is 11.0. The molecule has 1 amide bonds. The van der Waals surface area contributed by atoms with Crippen molar-refractivity contribution in [2.45, 2.75) is 77.4 Å². The van der Waals surface area contributed by atoms with Gasteiger partial charge in [0.25, 0.3) is 0 Å². The van der Waals surface area contributed by atoms with Gasteiger partial charge in [-0.25, -0.2) is 0 Å². The maximum atomic E-state index is 11.0. The van der Waals surface area contributed by atoms with E-state index in [4.69, 9.17) is 0 Å². The fraction of sp³-hybridized carbons (Fsp3) is 0.850. The first kappa shape index (κ1) is 15.7. The van der Waals surface area contributed by atoms with Crippen LogP contribution in [-0.4, -0.2) is 23.7 Å². The number of allylic oxidation sites excluding steroid dienone is 1. The standard InChI is InChI=1S/C20H31NO2/c1-19-9-7-14(23)11-13(19)3-4-15-16-5-6-18(21-12-22)20(16,2)10-8-17(15)19/h3,12,14-18,23H,4-11H2,1-2H3,(H,21,22)/t14?,15-,16-,17+,18?,19-,20-/m0/s1. The third kappa shape index (κ3) is 2.15. The topological polar surface area (TPSA) is 49.3 Å². The van der Waals surface area contributed by atoms with Crippen LogP contribution in [-0.2, 0) is 4.79 Å². The van der Waals surface area contributed by atoms with Crippen molar-refractivity contribution in [2.24, 2.45) is 28.6 Å². The Hall–Kier alpha value is -0.830. The van der Waals surface area contributed by atoms with Crippen molar-refractivity contribution in [3.8, 4) is 0 Å². The molecule has 0 spiro atoms. The van der Waals surface area contributed by atoms with Crippen LogP contribution < -0.4 is 5.32 Å². The molecule has 3 nitrogen and oxygen atoms in total. The van der Waals surface area contributed by atoms with E-state index in [1.54, 1.807) is 5.57 Å². The average Bonchev–Trinajstić information content (AvgIpc) is 2.85. The molecule has 0 radical (unpaired) electrons. The molecular weight excluding hydrogens is 286 g/mol. The minimum absolute atomic E-state index is 0.118. The summed E-state index contributed by atoms with van der Waals surface area (Å²) in [7, 11) is 0. The molecule has 23 heavy (non-hydrogen) atoms. The van der Waals surface area contributed by atoms with E-state index in [1.807, 2.05) is 0 Å². The predicted octanol–water partition coefficient (Wildman–Crippen LogP) is 3.42. The highest BCUT2D eigenvalue weighted by molar-refractivity contribution is 5.47. The Morgan fingerprint density at radius 3 is 2.78 bits per heavy atom. The first-order valence-electron chi connectivity index (χ1n) is 9.56. The highest BCUT2D eigenvalue weighted by Gasteiger charge is 2.58. The Bertz CT molecular complexity index is 530. The molecule has 128 valence electrons. The molecule has 7 atom stereocenters. The molecular formula is C20H31NO2. The zero-order valence-electron chi connectivity index (χ0n) is 14.6. The zero-order chi connectivity index (χ0) is 16.2. The molecule has 2 unspecified atom stereocenters. The van der Waals surface area contributed by atoms with Crippen molar-refractivity contribution in [1.29, 1.82) is 0 Å². The summed E-state index contributed by atoms with van der Waals surface area (Å²) in [5.41, 5.74) is 2.15. The number of fused-ring (bicyclic) bond motifs is 5. The number of nitrogens with one attached hydrogen (secondary N) is 1. The number of hydrogen-bond donors (Lipinski definition) is 2. The second kappa shape index (κ2) is 5.34. The SMILES string of the molecule is C[C@]12CCC(O)CC1=CC[C@@H]1[C@H]2CC[C@]2(C)C(NC=O)CC[C@@H]12. The normalized spacial score (nSPS) is 52.0. The van der Waals surface area contributed by atoms with Gasteiger partial charge in [0.15, 0.2) is 0 Å². The van der Waals surface area contributed by atoms with Gasteiger partial charge in [0.05, 0.1) is 6.10 Å². The van der Waals surface area contributed by atoms with Crippen molar-refractivity contribution in [2.75, 3.05) is 0 Å². The van der Waals surface area contributed by atoms with Gasteiger partial charge >= 0.3 is 0 Å². The van der Waals surface area contributed by atoms with E-state index in [0.29, 0.717) is 11.5 Å². The van der Waals surface area contributed by atoms with Crippen LogP contribution in [0.5, 0.6) is 0 Å². The first-order valence-corrected chi connectivity index (χ1v) is 9.56. The molecule has 3 heteroatoms. The van der Waals surface area contributed by atoms with E-state index in [0.717, 1.165) is 49.8 Å². The van der Waals surface area contributed by atoms with Gasteiger partial charge in [-0.15, -0.1) is 0 Å². The minimum Gasteiger partial charge on any atom is -0.393 e. The molecule has 3 fully saturated rings. The van der Waals surface area contributed by atoms with Crippen molar-refractivity contribution in [3.05, 3.63) is 11.6 Å². The van der Waals surface area contributed by atoms with Crippen LogP contribution in [0.4, 0.5) is 0 Å². The molecule has 0 aromatic heterocycles. The number of aliphatic hydroxyl groups excluding tert-OH is 1. The molecule has 0 bridgehead atoms. The maximum Gasteiger partial charge on any atom is 0.207 e. The molecule has 4 aliphatic rings. The second-order valence-corrected chi connectivity index (χ2v) is 9.11. The minimum atomic E-state index is -0.118. The van der Waals surface area contributed by atoms with Crippen LogP contribution in [0.2, 0.25) is 0 Å². The fourth-order valence-corrected chi connectivity index (χ4v) is 7.00. The van der Waals surface area contributed by atoms with E-state index in [9.17, 15) is 9.90 Å². The molecule has 4 aliphatic carbocycles. The van der Waals surface area contributed by atoms with E-state index >= 15 is 0 Å². The number of rotatable bonds is 2. The van der Waals surface area contributed by atoms with Crippen molar-refractivity contribution in [1.82, 2.24) is 5.32 Å². The van der Waals surface area contributed by atoms with Gasteiger partial charge < -0.3 is 10.4 Å². The second-order valence-electron chi connectivity index (χ2n) is 9.11. The summed E-state index contributed by atoms with van der Waals surface area (Å²) in [4.78, 5) is 11.0. The average molecular weight is 317 g/mol. The van der Waals surface area contributed by atoms with Crippen molar-refractivity contribution < 1.29 is 9.90 Å². The van der Waals surface area contributed by atoms with Gasteiger partial charge in [0.1, 0.15) is 0 Å². The van der Waals surface area contributed by atoms with Crippen LogP contribution in [0.25, 0.3) is 0 Å². The van der Waals surface area contributed by atoms with Gasteiger partial charge in [-0.05, 0) is 80.0 Å². The van der Waals surface area contributed by atoms with Crippen LogP contribution in [0.1, 0.15) is 65.2 Å². The molecule has 2 N–H and O–H groups in total. The summed E-state index contributed by atoms with van der Waals surface area (Å²) in [6, 6.07) is 0.373. The molecule has 0 aliphatic heterocycles. The fourth-order valence-electron chi connectivity index (χ4n) is 7.00. The number of carbonyl (C=O) groups excluding carboxylic acids is 1. The monoisotopic (exact) mass is 317 g/mol. The van der Waals surface area contributed by atoms with Crippen LogP contribution in [0, 0.1) is 28.6 Å². The Morgan fingerprint density at radius 1 is 1.17 bits per heavy atom. The van der Waals surface area contributed by atoms with E-state index in [-0.39, 0.29) is 11.5 Å². The van der Waals surface area contributed by atoms with Crippen LogP contribution >= 0.6 is 0 Å². The van der Waals surface area contributed by atoms with E-state index in [1.165, 1.54) is 25.7 Å². The molecule has 0 heterocycles. The zero-order valence-corrected chi connectivity index (χ0v) is 14.6. The predicted molar refractivity (Wildman–Crippen MR) is 90.7 cm³/mol. The van der Waals surface area contributed by atoms with Crippen LogP contribution in [0.15, 0.2) is 11.6 Å². The van der Waals surface area contributed by atoms with E-state index in [2.05, 4.69) is 25.2 Å². The third-order valence-electron chi connectivity index (χ3n) is 8.35. The molecule has 4 rings (SSSR count). The Morgan fingerprint density at radius 2 is 2.00 bits per heavy atom. The Balaban J connectivity index is 1.63. The first-order chi connectivity index (χ1) is 11.0. The summed E-state index contributed by atoms with van der Waals surface area (Å²) in [5.74, 6) is 2.31. The molecule has 0 saturated heterocycles. The summed E-state index contributed by atoms with van der Waals surface area (Å²) < 4.78 is 0. The number of hydrogen-bond acceptors (Lipinski definition) is 2. The van der Waals surface area contributed by atoms with E-state index < -0.39 is 0 Å². The van der Waals surface area contributed by atoms with Gasteiger partial charge in [-0.1, -0.05) is 25.5 Å². The third-order valence-corrected chi connectivity index (χ3v) is 8.35. The van der Waals surface area contributed by atoms with Crippen LogP contribution in [0.3, 0.4) is 0 Å². The lowest BCUT2D eigenvalue weighted by molar-refractivity contribution is -0.111. The lowest BCUT2D eigenvalue weighted by atomic mass is 9.48. The number of carbonyl (C=O) groups is 1. The molecule has 0 aromatic rings. The summed E-state index contributed by atoms with van der Waals surface area (Å²) >= 11 is 0. The molecule has 0 aromatic carbocycles. The van der Waals surface area contributed by atoms with Crippen molar-refractivity contribution >= 4 is 6.41 Å². The number of amides is 1. The summed E-state index contributed by atoms with van der Waals surface area (Å²) in [5, 5.41) is 13.2. The highest BCUT2D eigenvalue weighted by Crippen LogP contribution is 2.64. The Labute approximate surface area is 139 Å². The Kier molecular flexibility index (Phi) is 3.64. The summed E-state index contributed by atoms with van der Waals surface area (Å²) in [6.45, 7) is 4.90. The van der Waals surface area contributed by atoms with Gasteiger partial charge in [0.2, 0.25) is 6.41 Å². The largest absolute Gasteiger partial charge is 0.393 e. The molecule has 3 saturated carbocycles. The highest BCUT2D eigenvalue weighted by atomic mass is 16.3. The van der Waals surface area contributed by atoms with Gasteiger partial charge in [-0.3, -0.25) is 4.79 Å². The van der Waals surface area contributed by atoms with Gasteiger partial charge in [0, 0.05) is 6.04 Å².